The second-order valence-electron chi connectivity index (χ2n) is 4.14. The van der Waals surface area contributed by atoms with Crippen LogP contribution >= 0.6 is 0 Å². The van der Waals surface area contributed by atoms with Crippen LogP contribution in [0.25, 0.3) is 0 Å². The molecule has 100 valence electrons. The first kappa shape index (κ1) is 12.9. The number of imide groups is 1. The summed E-state index contributed by atoms with van der Waals surface area (Å²) in [5.41, 5.74) is 0.151. The summed E-state index contributed by atoms with van der Waals surface area (Å²) >= 11 is 0. The van der Waals surface area contributed by atoms with Gasteiger partial charge in [-0.05, 0) is 12.1 Å². The third kappa shape index (κ3) is 2.49. The molecule has 1 heterocycles. The highest BCUT2D eigenvalue weighted by Crippen LogP contribution is 2.16. The van der Waals surface area contributed by atoms with Gasteiger partial charge in [0.1, 0.15) is 0 Å². The van der Waals surface area contributed by atoms with E-state index in [-0.39, 0.29) is 17.8 Å². The number of nitrogens with one attached hydrogen (secondary N) is 1. The SMILES string of the molecule is CN1CCN(C(=O)Nc2ccccc2C(=O)O)C1=O. The summed E-state index contributed by atoms with van der Waals surface area (Å²) in [6.07, 6.45) is 0. The van der Waals surface area contributed by atoms with E-state index >= 15 is 0 Å². The number of likely N-dealkylation sites (N-methyl/N-ethyl adjacent to an activating group) is 1. The van der Waals surface area contributed by atoms with Crippen molar-refractivity contribution in [2.45, 2.75) is 0 Å². The summed E-state index contributed by atoms with van der Waals surface area (Å²) in [6, 6.07) is 5.02. The van der Waals surface area contributed by atoms with E-state index in [4.69, 9.17) is 5.11 Å². The number of rotatable bonds is 2. The van der Waals surface area contributed by atoms with Gasteiger partial charge in [0.2, 0.25) is 0 Å². The van der Waals surface area contributed by atoms with E-state index in [0.717, 1.165) is 4.90 Å². The van der Waals surface area contributed by atoms with Crippen molar-refractivity contribution in [3.8, 4) is 0 Å². The minimum atomic E-state index is -1.14. The van der Waals surface area contributed by atoms with Crippen LogP contribution in [0.15, 0.2) is 24.3 Å². The monoisotopic (exact) mass is 263 g/mol. The largest absolute Gasteiger partial charge is 0.478 e. The van der Waals surface area contributed by atoms with Crippen LogP contribution in [0.1, 0.15) is 10.4 Å². The number of anilines is 1. The van der Waals surface area contributed by atoms with Crippen molar-refractivity contribution in [1.29, 1.82) is 0 Å². The Kier molecular flexibility index (Phi) is 3.37. The summed E-state index contributed by atoms with van der Waals surface area (Å²) < 4.78 is 0. The zero-order chi connectivity index (χ0) is 14.0. The van der Waals surface area contributed by atoms with Crippen molar-refractivity contribution >= 4 is 23.7 Å². The van der Waals surface area contributed by atoms with Gasteiger partial charge in [-0.15, -0.1) is 0 Å². The summed E-state index contributed by atoms with van der Waals surface area (Å²) in [6.45, 7) is 0.753. The van der Waals surface area contributed by atoms with Crippen LogP contribution in [-0.4, -0.2) is 53.1 Å². The van der Waals surface area contributed by atoms with Crippen LogP contribution in [-0.2, 0) is 0 Å². The zero-order valence-electron chi connectivity index (χ0n) is 10.3. The van der Waals surface area contributed by atoms with Crippen molar-refractivity contribution in [3.05, 3.63) is 29.8 Å². The standard InChI is InChI=1S/C12H13N3O4/c1-14-6-7-15(12(14)19)11(18)13-9-5-3-2-4-8(9)10(16)17/h2-5H,6-7H2,1H3,(H,13,18)(H,16,17). The lowest BCUT2D eigenvalue weighted by atomic mass is 10.2. The number of benzene rings is 1. The predicted octanol–water partition coefficient (Wildman–Crippen LogP) is 1.28. The van der Waals surface area contributed by atoms with Crippen LogP contribution in [0.4, 0.5) is 15.3 Å². The number of carbonyl (C=O) groups is 3. The molecule has 7 nitrogen and oxygen atoms in total. The Morgan fingerprint density at radius 1 is 1.26 bits per heavy atom. The molecular weight excluding hydrogens is 250 g/mol. The minimum absolute atomic E-state index is 0.0177. The first-order valence-corrected chi connectivity index (χ1v) is 5.66. The quantitative estimate of drug-likeness (QED) is 0.841. The molecule has 0 atom stereocenters. The molecule has 2 N–H and O–H groups in total. The van der Waals surface area contributed by atoms with Gasteiger partial charge in [0.25, 0.3) is 0 Å². The highest BCUT2D eigenvalue weighted by Gasteiger charge is 2.31. The summed E-state index contributed by atoms with van der Waals surface area (Å²) in [7, 11) is 1.60. The second kappa shape index (κ2) is 4.97. The van der Waals surface area contributed by atoms with E-state index in [2.05, 4.69) is 5.32 Å². The number of nitrogens with zero attached hydrogens (tertiary/aromatic N) is 2. The number of hydrogen-bond donors (Lipinski definition) is 2. The third-order valence-electron chi connectivity index (χ3n) is 2.86. The van der Waals surface area contributed by atoms with Crippen molar-refractivity contribution in [3.63, 3.8) is 0 Å². The highest BCUT2D eigenvalue weighted by atomic mass is 16.4. The van der Waals surface area contributed by atoms with E-state index in [1.165, 1.54) is 17.0 Å². The lowest BCUT2D eigenvalue weighted by molar-refractivity contribution is 0.0698. The average molecular weight is 263 g/mol. The molecule has 0 unspecified atom stereocenters. The highest BCUT2D eigenvalue weighted by molar-refractivity contribution is 6.05. The number of carboxylic acids is 1. The van der Waals surface area contributed by atoms with Gasteiger partial charge >= 0.3 is 18.0 Å². The third-order valence-corrected chi connectivity index (χ3v) is 2.86. The molecule has 0 saturated carbocycles. The fourth-order valence-electron chi connectivity index (χ4n) is 1.80. The Hall–Kier alpha value is -2.57. The molecule has 1 fully saturated rings. The Morgan fingerprint density at radius 3 is 2.53 bits per heavy atom. The van der Waals surface area contributed by atoms with Crippen molar-refractivity contribution in [2.75, 3.05) is 25.5 Å². The number of amides is 4. The lowest BCUT2D eigenvalue weighted by Crippen LogP contribution is -2.38. The average Bonchev–Trinajstić information content (AvgIpc) is 2.70. The van der Waals surface area contributed by atoms with Crippen molar-refractivity contribution in [2.24, 2.45) is 0 Å². The Bertz CT molecular complexity index is 544. The maximum atomic E-state index is 11.9. The van der Waals surface area contributed by atoms with E-state index in [0.29, 0.717) is 6.54 Å². The van der Waals surface area contributed by atoms with Crippen LogP contribution < -0.4 is 5.32 Å². The van der Waals surface area contributed by atoms with Crippen LogP contribution in [0.2, 0.25) is 0 Å². The Labute approximate surface area is 109 Å². The smallest absolute Gasteiger partial charge is 0.337 e. The first-order valence-electron chi connectivity index (χ1n) is 5.66. The Balaban J connectivity index is 2.16. The molecule has 1 aliphatic rings. The molecule has 1 aromatic carbocycles. The summed E-state index contributed by atoms with van der Waals surface area (Å²) in [5.74, 6) is -1.14. The van der Waals surface area contributed by atoms with Crippen LogP contribution in [0, 0.1) is 0 Å². The van der Waals surface area contributed by atoms with Gasteiger partial charge in [0.05, 0.1) is 11.3 Å². The molecule has 0 aliphatic carbocycles. The maximum absolute atomic E-state index is 11.9. The molecule has 2 rings (SSSR count). The molecule has 0 bridgehead atoms. The normalized spacial score (nSPS) is 14.7. The van der Waals surface area contributed by atoms with Crippen LogP contribution in [0.5, 0.6) is 0 Å². The molecule has 1 aliphatic heterocycles. The fourth-order valence-corrected chi connectivity index (χ4v) is 1.80. The number of para-hydroxylation sites is 1. The molecule has 1 saturated heterocycles. The zero-order valence-corrected chi connectivity index (χ0v) is 10.3. The first-order chi connectivity index (χ1) is 9.00. The van der Waals surface area contributed by atoms with Gasteiger partial charge in [-0.3, -0.25) is 0 Å². The van der Waals surface area contributed by atoms with Gasteiger partial charge in [0, 0.05) is 20.1 Å². The van der Waals surface area contributed by atoms with E-state index in [9.17, 15) is 14.4 Å². The van der Waals surface area contributed by atoms with Crippen molar-refractivity contribution < 1.29 is 19.5 Å². The number of carboxylic acid groups (broad SMARTS) is 1. The number of hydrogen-bond acceptors (Lipinski definition) is 3. The number of urea groups is 2. The predicted molar refractivity (Wildman–Crippen MR) is 67.2 cm³/mol. The van der Waals surface area contributed by atoms with E-state index < -0.39 is 18.0 Å². The summed E-state index contributed by atoms with van der Waals surface area (Å²) in [4.78, 5) is 37.0. The van der Waals surface area contributed by atoms with Gasteiger partial charge in [-0.25, -0.2) is 19.3 Å². The van der Waals surface area contributed by atoms with Crippen LogP contribution in [0.3, 0.4) is 0 Å². The molecule has 7 heteroatoms. The molecule has 4 amide bonds. The van der Waals surface area contributed by atoms with Gasteiger partial charge < -0.3 is 15.3 Å². The number of carbonyl (C=O) groups excluding carboxylic acids is 2. The molecule has 0 spiro atoms. The molecule has 1 aromatic rings. The van der Waals surface area contributed by atoms with E-state index in [1.807, 2.05) is 0 Å². The fraction of sp³-hybridized carbons (Fsp3) is 0.250. The summed E-state index contributed by atoms with van der Waals surface area (Å²) in [5, 5.41) is 11.4. The maximum Gasteiger partial charge on any atom is 0.337 e. The van der Waals surface area contributed by atoms with E-state index in [1.54, 1.807) is 19.2 Å². The Morgan fingerprint density at radius 2 is 1.95 bits per heavy atom. The molecular formula is C12H13N3O4. The second-order valence-corrected chi connectivity index (χ2v) is 4.14. The topological polar surface area (TPSA) is 89.9 Å². The molecule has 19 heavy (non-hydrogen) atoms. The van der Waals surface area contributed by atoms with Gasteiger partial charge in [-0.1, -0.05) is 12.1 Å². The van der Waals surface area contributed by atoms with Gasteiger partial charge in [0.15, 0.2) is 0 Å². The minimum Gasteiger partial charge on any atom is -0.478 e. The van der Waals surface area contributed by atoms with Crippen molar-refractivity contribution in [1.82, 2.24) is 9.80 Å². The lowest BCUT2D eigenvalue weighted by Gasteiger charge is -2.16. The molecule has 0 radical (unpaired) electrons. The number of aromatic carboxylic acids is 1. The molecule has 0 aromatic heterocycles. The van der Waals surface area contributed by atoms with Gasteiger partial charge in [-0.2, -0.15) is 0 Å².